The molecule has 2 aromatic heterocycles. The van der Waals surface area contributed by atoms with Gasteiger partial charge in [0.2, 0.25) is 0 Å². The van der Waals surface area contributed by atoms with E-state index in [9.17, 15) is 4.79 Å². The lowest BCUT2D eigenvalue weighted by Crippen LogP contribution is -2.03. The third-order valence-electron chi connectivity index (χ3n) is 1.67. The van der Waals surface area contributed by atoms with Crippen molar-refractivity contribution >= 4 is 33.2 Å². The summed E-state index contributed by atoms with van der Waals surface area (Å²) < 4.78 is 9.11. The van der Waals surface area contributed by atoms with Gasteiger partial charge in [-0.15, -0.1) is 5.10 Å². The molecule has 72 valence electrons. The number of carbonyl (C=O) groups excluding carboxylic acids is 1. The van der Waals surface area contributed by atoms with Crippen LogP contribution >= 0.6 is 27.5 Å². The van der Waals surface area contributed by atoms with E-state index in [1.165, 1.54) is 17.8 Å². The van der Waals surface area contributed by atoms with Crippen molar-refractivity contribution in [2.45, 2.75) is 6.42 Å². The molecule has 2 aromatic rings. The van der Waals surface area contributed by atoms with Crippen molar-refractivity contribution in [2.24, 2.45) is 0 Å². The first-order valence-electron chi connectivity index (χ1n) is 3.79. The Kier molecular flexibility index (Phi) is 2.74. The van der Waals surface area contributed by atoms with Gasteiger partial charge in [0.25, 0.3) is 0 Å². The Morgan fingerprint density at radius 1 is 1.64 bits per heavy atom. The Labute approximate surface area is 92.2 Å². The molecule has 0 unspecified atom stereocenters. The zero-order valence-corrected chi connectivity index (χ0v) is 9.34. The normalized spacial score (nSPS) is 10.4. The van der Waals surface area contributed by atoms with Crippen molar-refractivity contribution in [1.29, 1.82) is 0 Å². The van der Waals surface area contributed by atoms with Crippen LogP contribution in [0.15, 0.2) is 26.8 Å². The maximum Gasteiger partial charge on any atom is 0.179 e. The van der Waals surface area contributed by atoms with Crippen LogP contribution in [0.4, 0.5) is 0 Å². The van der Waals surface area contributed by atoms with E-state index >= 15 is 0 Å². The summed E-state index contributed by atoms with van der Waals surface area (Å²) in [5.74, 6) is -0.0293. The first-order valence-corrected chi connectivity index (χ1v) is 5.42. The molecule has 0 fully saturated rings. The maximum atomic E-state index is 11.6. The highest BCUT2D eigenvalue weighted by Gasteiger charge is 2.14. The molecule has 0 aliphatic heterocycles. The Bertz CT molecular complexity index is 438. The average molecular weight is 273 g/mol. The van der Waals surface area contributed by atoms with Crippen LogP contribution in [0.1, 0.15) is 16.1 Å². The van der Waals surface area contributed by atoms with Gasteiger partial charge in [0.1, 0.15) is 0 Å². The number of halogens is 1. The predicted octanol–water partition coefficient (Wildman–Crippen LogP) is 2.32. The summed E-state index contributed by atoms with van der Waals surface area (Å²) >= 11 is 4.38. The van der Waals surface area contributed by atoms with Crippen LogP contribution in [0.3, 0.4) is 0 Å². The third kappa shape index (κ3) is 1.91. The number of carbonyl (C=O) groups is 1. The second-order valence-electron chi connectivity index (χ2n) is 2.60. The molecule has 14 heavy (non-hydrogen) atoms. The molecule has 0 amide bonds. The van der Waals surface area contributed by atoms with E-state index in [1.54, 1.807) is 11.4 Å². The summed E-state index contributed by atoms with van der Waals surface area (Å²) in [5.41, 5.74) is 1.23. The standard InChI is InChI=1S/C8H5BrN2O2S/c9-8-6(1-2-13-8)7(12)3-5-4-14-11-10-5/h1-2,4H,3H2. The third-order valence-corrected chi connectivity index (χ3v) is 2.83. The first-order chi connectivity index (χ1) is 6.77. The Morgan fingerprint density at radius 3 is 3.07 bits per heavy atom. The van der Waals surface area contributed by atoms with Gasteiger partial charge in [-0.05, 0) is 33.5 Å². The van der Waals surface area contributed by atoms with Gasteiger partial charge >= 0.3 is 0 Å². The highest BCUT2D eigenvalue weighted by Crippen LogP contribution is 2.19. The minimum atomic E-state index is -0.0293. The second-order valence-corrected chi connectivity index (χ2v) is 3.93. The molecule has 0 saturated heterocycles. The number of nitrogens with zero attached hydrogens (tertiary/aromatic N) is 2. The van der Waals surface area contributed by atoms with Crippen LogP contribution in [0.25, 0.3) is 0 Å². The maximum absolute atomic E-state index is 11.6. The average Bonchev–Trinajstić information content (AvgIpc) is 2.75. The molecule has 0 aliphatic carbocycles. The lowest BCUT2D eigenvalue weighted by atomic mass is 10.1. The van der Waals surface area contributed by atoms with Crippen molar-refractivity contribution in [1.82, 2.24) is 9.59 Å². The molecule has 0 bridgehead atoms. The Morgan fingerprint density at radius 2 is 2.50 bits per heavy atom. The fraction of sp³-hybridized carbons (Fsp3) is 0.125. The van der Waals surface area contributed by atoms with E-state index < -0.39 is 0 Å². The highest BCUT2D eigenvalue weighted by molar-refractivity contribution is 9.10. The summed E-state index contributed by atoms with van der Waals surface area (Å²) in [6.45, 7) is 0. The number of Topliss-reactive ketones (excluding diaryl/α,β-unsaturated/α-hetero) is 1. The van der Waals surface area contributed by atoms with Crippen molar-refractivity contribution < 1.29 is 9.21 Å². The largest absolute Gasteiger partial charge is 0.457 e. The smallest absolute Gasteiger partial charge is 0.179 e. The molecule has 2 heterocycles. The Balaban J connectivity index is 2.14. The number of aromatic nitrogens is 2. The highest BCUT2D eigenvalue weighted by atomic mass is 79.9. The number of rotatable bonds is 3. The fourth-order valence-electron chi connectivity index (χ4n) is 1.01. The van der Waals surface area contributed by atoms with Crippen LogP contribution < -0.4 is 0 Å². The van der Waals surface area contributed by atoms with Crippen LogP contribution in [0.2, 0.25) is 0 Å². The van der Waals surface area contributed by atoms with E-state index in [0.717, 1.165) is 0 Å². The van der Waals surface area contributed by atoms with Gasteiger partial charge in [0.15, 0.2) is 10.5 Å². The van der Waals surface area contributed by atoms with E-state index in [0.29, 0.717) is 15.9 Å². The van der Waals surface area contributed by atoms with E-state index in [4.69, 9.17) is 4.42 Å². The molecule has 6 heteroatoms. The van der Waals surface area contributed by atoms with Crippen LogP contribution in [-0.4, -0.2) is 15.4 Å². The Hall–Kier alpha value is -1.01. The molecule has 2 rings (SSSR count). The van der Waals surface area contributed by atoms with Gasteiger partial charge in [-0.3, -0.25) is 4.79 Å². The first kappa shape index (κ1) is 9.54. The molecule has 0 radical (unpaired) electrons. The molecular weight excluding hydrogens is 268 g/mol. The number of furan rings is 1. The van der Waals surface area contributed by atoms with Crippen molar-refractivity contribution in [3.63, 3.8) is 0 Å². The predicted molar refractivity (Wildman–Crippen MR) is 54.4 cm³/mol. The monoisotopic (exact) mass is 272 g/mol. The zero-order valence-electron chi connectivity index (χ0n) is 6.94. The zero-order chi connectivity index (χ0) is 9.97. The van der Waals surface area contributed by atoms with E-state index in [2.05, 4.69) is 25.5 Å². The molecule has 4 nitrogen and oxygen atoms in total. The lowest BCUT2D eigenvalue weighted by Gasteiger charge is -1.93. The minimum Gasteiger partial charge on any atom is -0.457 e. The molecule has 0 spiro atoms. The van der Waals surface area contributed by atoms with E-state index in [1.807, 2.05) is 0 Å². The van der Waals surface area contributed by atoms with Gasteiger partial charge < -0.3 is 4.42 Å². The molecule has 0 aliphatic rings. The number of hydrogen-bond acceptors (Lipinski definition) is 5. The van der Waals surface area contributed by atoms with Gasteiger partial charge in [0.05, 0.1) is 23.9 Å². The summed E-state index contributed by atoms with van der Waals surface area (Å²) in [5, 5.41) is 5.55. The minimum absolute atomic E-state index is 0.0293. The molecular formula is C8H5BrN2O2S. The summed E-state index contributed by atoms with van der Waals surface area (Å²) in [4.78, 5) is 11.6. The van der Waals surface area contributed by atoms with Crippen LogP contribution in [0.5, 0.6) is 0 Å². The van der Waals surface area contributed by atoms with Gasteiger partial charge in [-0.1, -0.05) is 4.49 Å². The van der Waals surface area contributed by atoms with Crippen molar-refractivity contribution in [2.75, 3.05) is 0 Å². The van der Waals surface area contributed by atoms with Crippen molar-refractivity contribution in [3.8, 4) is 0 Å². The second kappa shape index (κ2) is 4.02. The quantitative estimate of drug-likeness (QED) is 0.805. The number of ketones is 1. The summed E-state index contributed by atoms with van der Waals surface area (Å²) in [6, 6.07) is 1.63. The van der Waals surface area contributed by atoms with E-state index in [-0.39, 0.29) is 12.2 Å². The van der Waals surface area contributed by atoms with Crippen LogP contribution in [0, 0.1) is 0 Å². The molecule has 0 N–H and O–H groups in total. The van der Waals surface area contributed by atoms with Gasteiger partial charge in [-0.2, -0.15) is 0 Å². The van der Waals surface area contributed by atoms with Crippen LogP contribution in [-0.2, 0) is 6.42 Å². The summed E-state index contributed by atoms with van der Waals surface area (Å²) in [6.07, 6.45) is 1.73. The fourth-order valence-corrected chi connectivity index (χ4v) is 1.93. The topological polar surface area (TPSA) is 56.0 Å². The summed E-state index contributed by atoms with van der Waals surface area (Å²) in [7, 11) is 0. The molecule has 0 saturated carbocycles. The lowest BCUT2D eigenvalue weighted by molar-refractivity contribution is 0.0990. The van der Waals surface area contributed by atoms with Gasteiger partial charge in [-0.25, -0.2) is 0 Å². The van der Waals surface area contributed by atoms with Crippen molar-refractivity contribution in [3.05, 3.63) is 33.6 Å². The van der Waals surface area contributed by atoms with Gasteiger partial charge in [0, 0.05) is 5.38 Å². The molecule has 0 aromatic carbocycles. The SMILES string of the molecule is O=C(Cc1csnn1)c1ccoc1Br. The number of hydrogen-bond donors (Lipinski definition) is 0. The molecule has 0 atom stereocenters.